The summed E-state index contributed by atoms with van der Waals surface area (Å²) in [6.45, 7) is 1.22. The number of nitrogens with one attached hydrogen (secondary N) is 5. The van der Waals surface area contributed by atoms with Gasteiger partial charge in [0.15, 0.2) is 5.96 Å². The first-order valence-corrected chi connectivity index (χ1v) is 18.8. The van der Waals surface area contributed by atoms with Gasteiger partial charge in [-0.1, -0.05) is 18.2 Å². The van der Waals surface area contributed by atoms with Gasteiger partial charge >= 0.3 is 18.0 Å². The minimum Gasteiger partial charge on any atom is -0.508 e. The molecule has 7 amide bonds. The topological polar surface area (TPSA) is 364 Å². The predicted molar refractivity (Wildman–Crippen MR) is 207 cm³/mol. The SMILES string of the molecule is C/C=C(\NC(=O)N[C@@H](Cc1ccc(O)cc1)C(=O)O)C(=O)NCC(=O)N[C@@H](CCCN=C(N)N)C(=O)N1CCC[C@H]1c1nc(C(=O)N[C@@H](CCC(N)=O)C(=O)O)cs1. The molecule has 58 heavy (non-hydrogen) atoms. The number of thiazole rings is 1. The molecule has 23 heteroatoms. The molecule has 314 valence electrons. The molecule has 1 aromatic heterocycles. The van der Waals surface area contributed by atoms with Crippen LogP contribution in [0.15, 0.2) is 46.4 Å². The van der Waals surface area contributed by atoms with Crippen LogP contribution in [0.25, 0.3) is 0 Å². The number of amides is 7. The third-order valence-electron chi connectivity index (χ3n) is 8.61. The lowest BCUT2D eigenvalue weighted by molar-refractivity contribution is -0.140. The van der Waals surface area contributed by atoms with Crippen molar-refractivity contribution >= 4 is 64.8 Å². The number of aromatic hydroxyl groups is 1. The Labute approximate surface area is 335 Å². The molecular weight excluding hydrogens is 783 g/mol. The highest BCUT2D eigenvalue weighted by atomic mass is 32.1. The number of primary amides is 1. The van der Waals surface area contributed by atoms with Gasteiger partial charge in [0, 0.05) is 31.3 Å². The van der Waals surface area contributed by atoms with Gasteiger partial charge in [0.05, 0.1) is 12.6 Å². The molecule has 4 atom stereocenters. The van der Waals surface area contributed by atoms with E-state index in [4.69, 9.17) is 17.2 Å². The molecule has 0 aliphatic carbocycles. The van der Waals surface area contributed by atoms with Crippen LogP contribution in [0, 0.1) is 0 Å². The van der Waals surface area contributed by atoms with Gasteiger partial charge < -0.3 is 64.0 Å². The summed E-state index contributed by atoms with van der Waals surface area (Å²) in [6.07, 6.45) is 2.02. The van der Waals surface area contributed by atoms with E-state index in [0.29, 0.717) is 23.4 Å². The zero-order chi connectivity index (χ0) is 42.9. The van der Waals surface area contributed by atoms with Crippen LogP contribution in [0.3, 0.4) is 0 Å². The minimum atomic E-state index is -1.39. The van der Waals surface area contributed by atoms with Crippen LogP contribution in [-0.2, 0) is 35.2 Å². The Hall–Kier alpha value is -6.78. The molecule has 0 saturated carbocycles. The maximum Gasteiger partial charge on any atom is 0.326 e. The number of likely N-dealkylation sites (tertiary alicyclic amines) is 1. The number of benzene rings is 1. The number of carbonyl (C=O) groups excluding carboxylic acids is 6. The maximum atomic E-state index is 14.0. The third-order valence-corrected chi connectivity index (χ3v) is 9.55. The largest absolute Gasteiger partial charge is 0.508 e. The molecule has 2 heterocycles. The van der Waals surface area contributed by atoms with Gasteiger partial charge in [-0.15, -0.1) is 11.3 Å². The van der Waals surface area contributed by atoms with Crippen LogP contribution in [0.4, 0.5) is 4.79 Å². The molecule has 22 nitrogen and oxygen atoms in total. The van der Waals surface area contributed by atoms with Crippen molar-refractivity contribution in [3.8, 4) is 5.75 Å². The normalized spacial score (nSPS) is 15.2. The van der Waals surface area contributed by atoms with Gasteiger partial charge in [-0.05, 0) is 56.7 Å². The molecule has 2 aromatic rings. The van der Waals surface area contributed by atoms with Crippen molar-refractivity contribution in [3.63, 3.8) is 0 Å². The van der Waals surface area contributed by atoms with Gasteiger partial charge in [0.25, 0.3) is 11.8 Å². The Morgan fingerprint density at radius 2 is 1.66 bits per heavy atom. The van der Waals surface area contributed by atoms with E-state index in [0.717, 1.165) is 11.3 Å². The average Bonchev–Trinajstić information content (AvgIpc) is 3.86. The number of aliphatic imine (C=N–C) groups is 1. The quantitative estimate of drug-likeness (QED) is 0.0296. The number of aromatic nitrogens is 1. The van der Waals surface area contributed by atoms with E-state index in [-0.39, 0.29) is 68.3 Å². The van der Waals surface area contributed by atoms with E-state index < -0.39 is 78.2 Å². The van der Waals surface area contributed by atoms with E-state index in [1.54, 1.807) is 0 Å². The second kappa shape index (κ2) is 22.1. The van der Waals surface area contributed by atoms with Crippen LogP contribution < -0.4 is 43.8 Å². The van der Waals surface area contributed by atoms with Crippen molar-refractivity contribution in [2.45, 2.75) is 76.0 Å². The molecule has 0 unspecified atom stereocenters. The van der Waals surface area contributed by atoms with Crippen LogP contribution >= 0.6 is 11.3 Å². The average molecular weight is 830 g/mol. The van der Waals surface area contributed by atoms with Gasteiger partial charge in [-0.3, -0.25) is 29.0 Å². The molecule has 1 saturated heterocycles. The maximum absolute atomic E-state index is 14.0. The number of hydrogen-bond acceptors (Lipinski definition) is 12. The fourth-order valence-electron chi connectivity index (χ4n) is 5.72. The fraction of sp³-hybridized carbons (Fsp3) is 0.429. The number of carboxylic acids is 2. The van der Waals surface area contributed by atoms with Crippen molar-refractivity contribution in [1.29, 1.82) is 0 Å². The number of guanidine groups is 1. The van der Waals surface area contributed by atoms with Crippen molar-refractivity contribution in [2.24, 2.45) is 22.2 Å². The lowest BCUT2D eigenvalue weighted by atomic mass is 10.1. The number of nitrogens with zero attached hydrogens (tertiary/aromatic N) is 3. The molecular formula is C35H47N11O11S. The lowest BCUT2D eigenvalue weighted by Crippen LogP contribution is -2.51. The second-order valence-electron chi connectivity index (χ2n) is 12.9. The van der Waals surface area contributed by atoms with Crippen molar-refractivity contribution in [2.75, 3.05) is 19.6 Å². The predicted octanol–water partition coefficient (Wildman–Crippen LogP) is -1.49. The molecule has 1 aromatic carbocycles. The number of rotatable bonds is 21. The van der Waals surface area contributed by atoms with Crippen LogP contribution in [0.1, 0.15) is 72.6 Å². The molecule has 1 aliphatic heterocycles. The van der Waals surface area contributed by atoms with Crippen molar-refractivity contribution < 1.29 is 53.7 Å². The molecule has 1 aliphatic rings. The van der Waals surface area contributed by atoms with Crippen molar-refractivity contribution in [3.05, 3.63) is 57.7 Å². The molecule has 0 spiro atoms. The summed E-state index contributed by atoms with van der Waals surface area (Å²) in [5.74, 6) is -6.56. The first-order chi connectivity index (χ1) is 27.5. The summed E-state index contributed by atoms with van der Waals surface area (Å²) < 4.78 is 0. The van der Waals surface area contributed by atoms with Crippen LogP contribution in [0.5, 0.6) is 5.75 Å². The standard InChI is InChI=1S/C35H47N11O11S/c1-2-20(44-35(57)45-23(33(55)56)15-18-7-9-19(47)10-8-18)28(50)40-16-27(49)41-21(5-3-13-39-34(37)38)31(52)46-14-4-6-25(46)30-43-24(17-58-30)29(51)42-22(32(53)54)11-12-26(36)48/h2,7-10,17,21-23,25,47H,3-6,11-16H2,1H3,(H2,36,48)(H,40,50)(H,41,49)(H,42,51)(H,53,54)(H,55,56)(H4,37,38,39)(H2,44,45,57)/b20-2-/t21-,22-,23-,25-/m0/s1. The lowest BCUT2D eigenvalue weighted by Gasteiger charge is -2.28. The van der Waals surface area contributed by atoms with Crippen molar-refractivity contribution in [1.82, 2.24) is 36.5 Å². The Bertz CT molecular complexity index is 1900. The number of aliphatic carboxylic acids is 2. The number of nitrogens with two attached hydrogens (primary N) is 3. The van der Waals surface area contributed by atoms with Gasteiger partial charge in [-0.25, -0.2) is 19.4 Å². The summed E-state index contributed by atoms with van der Waals surface area (Å²) in [5.41, 5.74) is 16.1. The summed E-state index contributed by atoms with van der Waals surface area (Å²) >= 11 is 1.08. The number of urea groups is 1. The summed E-state index contributed by atoms with van der Waals surface area (Å²) in [6, 6.07) is 0.227. The number of hydrogen-bond donors (Lipinski definition) is 11. The molecule has 0 bridgehead atoms. The van der Waals surface area contributed by atoms with Crippen LogP contribution in [-0.4, -0.2) is 116 Å². The number of carbonyl (C=O) groups is 8. The third kappa shape index (κ3) is 14.4. The highest BCUT2D eigenvalue weighted by Crippen LogP contribution is 2.34. The Kier molecular flexibility index (Phi) is 17.4. The fourth-order valence-corrected chi connectivity index (χ4v) is 6.66. The zero-order valence-corrected chi connectivity index (χ0v) is 32.3. The summed E-state index contributed by atoms with van der Waals surface area (Å²) in [4.78, 5) is 110. The van der Waals surface area contributed by atoms with Gasteiger partial charge in [0.1, 0.15) is 40.3 Å². The smallest absolute Gasteiger partial charge is 0.326 e. The number of carboxylic acid groups (broad SMARTS) is 2. The Morgan fingerprint density at radius 1 is 0.966 bits per heavy atom. The van der Waals surface area contributed by atoms with E-state index in [1.165, 1.54) is 47.5 Å². The number of allylic oxidation sites excluding steroid dienone is 1. The van der Waals surface area contributed by atoms with Gasteiger partial charge in [-0.2, -0.15) is 0 Å². The minimum absolute atomic E-state index is 0.0215. The highest BCUT2D eigenvalue weighted by molar-refractivity contribution is 7.09. The molecule has 14 N–H and O–H groups in total. The zero-order valence-electron chi connectivity index (χ0n) is 31.4. The van der Waals surface area contributed by atoms with E-state index >= 15 is 0 Å². The second-order valence-corrected chi connectivity index (χ2v) is 13.8. The molecule has 1 fully saturated rings. The first kappa shape index (κ1) is 45.6. The van der Waals surface area contributed by atoms with E-state index in [9.17, 15) is 53.7 Å². The molecule has 0 radical (unpaired) electrons. The number of phenols is 1. The summed E-state index contributed by atoms with van der Waals surface area (Å²) in [7, 11) is 0. The monoisotopic (exact) mass is 829 g/mol. The first-order valence-electron chi connectivity index (χ1n) is 17.9. The molecule has 3 rings (SSSR count). The highest BCUT2D eigenvalue weighted by Gasteiger charge is 2.36. The van der Waals surface area contributed by atoms with Crippen LogP contribution in [0.2, 0.25) is 0 Å². The Balaban J connectivity index is 1.64. The summed E-state index contributed by atoms with van der Waals surface area (Å²) in [5, 5.41) is 42.1. The van der Waals surface area contributed by atoms with E-state index in [2.05, 4.69) is 36.6 Å². The number of phenolic OH excluding ortho intramolecular Hbond substituents is 1. The van der Waals surface area contributed by atoms with E-state index in [1.807, 2.05) is 0 Å². The Morgan fingerprint density at radius 3 is 2.28 bits per heavy atom. The van der Waals surface area contributed by atoms with Gasteiger partial charge in [0.2, 0.25) is 17.7 Å².